The summed E-state index contributed by atoms with van der Waals surface area (Å²) in [5, 5.41) is 28.8. The molecule has 16 nitrogen and oxygen atoms in total. The van der Waals surface area contributed by atoms with E-state index in [1.807, 2.05) is 0 Å². The van der Waals surface area contributed by atoms with Gasteiger partial charge in [0.1, 0.15) is 18.1 Å². The Balaban J connectivity index is 2.08. The number of hydrogen-bond acceptors (Lipinski definition) is 8. The highest BCUT2D eigenvalue weighted by Gasteiger charge is 2.32. The molecule has 1 aliphatic rings. The largest absolute Gasteiger partial charge is 0.481 e. The fourth-order valence-corrected chi connectivity index (χ4v) is 5.16. The number of hydrogen-bond donors (Lipinski definition) is 9. The van der Waals surface area contributed by atoms with Crippen molar-refractivity contribution in [1.29, 1.82) is 0 Å². The average Bonchev–Trinajstić information content (AvgIpc) is 3.01. The van der Waals surface area contributed by atoms with Crippen LogP contribution in [-0.2, 0) is 35.2 Å². The molecule has 0 aliphatic heterocycles. The van der Waals surface area contributed by atoms with E-state index in [-0.39, 0.29) is 37.7 Å². The molecule has 12 N–H and O–H groups in total. The van der Waals surface area contributed by atoms with E-state index in [9.17, 15) is 39.0 Å². The van der Waals surface area contributed by atoms with Gasteiger partial charge in [-0.1, -0.05) is 62.4 Å². The van der Waals surface area contributed by atoms with Crippen molar-refractivity contribution in [2.45, 2.75) is 88.4 Å². The van der Waals surface area contributed by atoms with Crippen molar-refractivity contribution in [2.24, 2.45) is 28.1 Å². The standard InChI is InChI=1S/C30H46N8O8/c31-20(12-7-13-34-30(32)33)26(42)35-17-24(39)36-22(16-25(40)41)28(44)37-21(14-18-8-3-1-4-9-18)27(43)38-23(29(45)46)15-19-10-5-2-6-11-19/h1,3-4,8-9,19-23H,2,5-7,10-17,31H2,(H,35,42)(H,36,39)(H,37,44)(H,38,43)(H,40,41)(H,45,46)(H4,32,33,34)/t20-,21+,22-,23-/m0/s1. The lowest BCUT2D eigenvalue weighted by Crippen LogP contribution is -2.57. The van der Waals surface area contributed by atoms with Crippen LogP contribution in [0.5, 0.6) is 0 Å². The molecule has 0 saturated heterocycles. The molecule has 1 fully saturated rings. The smallest absolute Gasteiger partial charge is 0.326 e. The predicted octanol–water partition coefficient (Wildman–Crippen LogP) is -1.29. The SMILES string of the molecule is NC(N)=NCCC[C@H](N)C(=O)NCC(=O)N[C@@H](CC(=O)O)C(=O)N[C@H](Cc1ccccc1)C(=O)N[C@@H](CC1CCCCC1)C(=O)O. The van der Waals surface area contributed by atoms with Gasteiger partial charge in [-0.3, -0.25) is 29.0 Å². The lowest BCUT2D eigenvalue weighted by Gasteiger charge is -2.27. The van der Waals surface area contributed by atoms with Gasteiger partial charge >= 0.3 is 11.9 Å². The number of nitrogens with two attached hydrogens (primary N) is 3. The van der Waals surface area contributed by atoms with Crippen LogP contribution in [0.4, 0.5) is 0 Å². The molecule has 0 bridgehead atoms. The predicted molar refractivity (Wildman–Crippen MR) is 168 cm³/mol. The van der Waals surface area contributed by atoms with Crippen molar-refractivity contribution >= 4 is 41.5 Å². The minimum absolute atomic E-state index is 0.0287. The van der Waals surface area contributed by atoms with E-state index in [1.54, 1.807) is 30.3 Å². The molecule has 4 atom stereocenters. The van der Waals surface area contributed by atoms with E-state index >= 15 is 0 Å². The molecule has 0 aromatic heterocycles. The van der Waals surface area contributed by atoms with Gasteiger partial charge in [-0.25, -0.2) is 4.79 Å². The second-order valence-electron chi connectivity index (χ2n) is 11.4. The third-order valence-corrected chi connectivity index (χ3v) is 7.58. The molecule has 1 aromatic carbocycles. The van der Waals surface area contributed by atoms with Crippen molar-refractivity contribution in [3.8, 4) is 0 Å². The van der Waals surface area contributed by atoms with Crippen molar-refractivity contribution in [2.75, 3.05) is 13.1 Å². The van der Waals surface area contributed by atoms with Crippen LogP contribution in [0.1, 0.15) is 63.4 Å². The number of guanidine groups is 1. The fourth-order valence-electron chi connectivity index (χ4n) is 5.16. The summed E-state index contributed by atoms with van der Waals surface area (Å²) in [5.41, 5.74) is 17.0. The van der Waals surface area contributed by atoms with Crippen LogP contribution in [-0.4, -0.2) is 89.0 Å². The average molecular weight is 647 g/mol. The molecule has 2 rings (SSSR count). The molecule has 4 amide bonds. The summed E-state index contributed by atoms with van der Waals surface area (Å²) in [5.74, 6) is -5.82. The van der Waals surface area contributed by atoms with E-state index in [4.69, 9.17) is 17.2 Å². The van der Waals surface area contributed by atoms with E-state index < -0.39 is 72.7 Å². The zero-order valence-corrected chi connectivity index (χ0v) is 25.8. The zero-order valence-electron chi connectivity index (χ0n) is 25.8. The first-order valence-electron chi connectivity index (χ1n) is 15.3. The molecule has 0 heterocycles. The molecular weight excluding hydrogens is 600 g/mol. The number of carbonyl (C=O) groups is 6. The second-order valence-corrected chi connectivity index (χ2v) is 11.4. The molecule has 1 aliphatic carbocycles. The van der Waals surface area contributed by atoms with E-state index in [2.05, 4.69) is 26.3 Å². The monoisotopic (exact) mass is 646 g/mol. The maximum atomic E-state index is 13.4. The van der Waals surface area contributed by atoms with Gasteiger partial charge in [-0.15, -0.1) is 0 Å². The van der Waals surface area contributed by atoms with E-state index in [0.29, 0.717) is 12.0 Å². The third-order valence-electron chi connectivity index (χ3n) is 7.58. The lowest BCUT2D eigenvalue weighted by atomic mass is 9.84. The maximum Gasteiger partial charge on any atom is 0.326 e. The highest BCUT2D eigenvalue weighted by Crippen LogP contribution is 2.27. The van der Waals surface area contributed by atoms with Crippen LogP contribution in [0, 0.1) is 5.92 Å². The van der Waals surface area contributed by atoms with E-state index in [0.717, 1.165) is 32.1 Å². The molecule has 254 valence electrons. The van der Waals surface area contributed by atoms with Gasteiger partial charge in [0.05, 0.1) is 19.0 Å². The summed E-state index contributed by atoms with van der Waals surface area (Å²) < 4.78 is 0. The Bertz CT molecular complexity index is 1220. The molecule has 1 aromatic rings. The van der Waals surface area contributed by atoms with E-state index in [1.165, 1.54) is 0 Å². The Morgan fingerprint density at radius 1 is 0.848 bits per heavy atom. The first-order chi connectivity index (χ1) is 21.8. The quantitative estimate of drug-likeness (QED) is 0.0484. The highest BCUT2D eigenvalue weighted by atomic mass is 16.4. The van der Waals surface area contributed by atoms with Crippen LogP contribution in [0.15, 0.2) is 35.3 Å². The first kappa shape index (κ1) is 37.5. The van der Waals surface area contributed by atoms with Crippen molar-refractivity contribution in [1.82, 2.24) is 21.3 Å². The molecule has 0 spiro atoms. The number of carboxylic acids is 2. The Morgan fingerprint density at radius 2 is 1.48 bits per heavy atom. The van der Waals surface area contributed by atoms with Crippen LogP contribution in [0.3, 0.4) is 0 Å². The second kappa shape index (κ2) is 19.6. The first-order valence-corrected chi connectivity index (χ1v) is 15.3. The Labute approximate surface area is 267 Å². The van der Waals surface area contributed by atoms with Crippen molar-refractivity contribution < 1.29 is 39.0 Å². The van der Waals surface area contributed by atoms with Gasteiger partial charge in [-0.2, -0.15) is 0 Å². The summed E-state index contributed by atoms with van der Waals surface area (Å²) in [6.45, 7) is -0.338. The lowest BCUT2D eigenvalue weighted by molar-refractivity contribution is -0.143. The fraction of sp³-hybridized carbons (Fsp3) is 0.567. The van der Waals surface area contributed by atoms with Crippen LogP contribution >= 0.6 is 0 Å². The number of benzene rings is 1. The number of carboxylic acid groups (broad SMARTS) is 2. The van der Waals surface area contributed by atoms with Crippen LogP contribution in [0.25, 0.3) is 0 Å². The molecule has 1 saturated carbocycles. The number of aliphatic carboxylic acids is 2. The Hall–Kier alpha value is -4.73. The van der Waals surface area contributed by atoms with Crippen LogP contribution in [0.2, 0.25) is 0 Å². The summed E-state index contributed by atoms with van der Waals surface area (Å²) in [7, 11) is 0. The number of rotatable bonds is 19. The maximum absolute atomic E-state index is 13.4. The molecule has 16 heteroatoms. The molecule has 0 unspecified atom stereocenters. The third kappa shape index (κ3) is 14.4. The number of aliphatic imine (C=N–C) groups is 1. The normalized spacial score (nSPS) is 15.7. The van der Waals surface area contributed by atoms with Crippen LogP contribution < -0.4 is 38.5 Å². The summed E-state index contributed by atoms with van der Waals surface area (Å²) >= 11 is 0. The Morgan fingerprint density at radius 3 is 2.09 bits per heavy atom. The Kier molecular flexibility index (Phi) is 16.0. The molecular formula is C30H46N8O8. The van der Waals surface area contributed by atoms with Gasteiger partial charge < -0.3 is 48.7 Å². The molecule has 46 heavy (non-hydrogen) atoms. The highest BCUT2D eigenvalue weighted by molar-refractivity contribution is 5.96. The van der Waals surface area contributed by atoms with Gasteiger partial charge in [-0.05, 0) is 30.7 Å². The minimum atomic E-state index is -1.61. The summed E-state index contributed by atoms with van der Waals surface area (Å²) in [4.78, 5) is 78.9. The summed E-state index contributed by atoms with van der Waals surface area (Å²) in [6, 6.07) is 3.61. The van der Waals surface area contributed by atoms with Crippen molar-refractivity contribution in [3.63, 3.8) is 0 Å². The number of amides is 4. The molecule has 0 radical (unpaired) electrons. The van der Waals surface area contributed by atoms with Gasteiger partial charge in [0.25, 0.3) is 0 Å². The number of nitrogens with zero attached hydrogens (tertiary/aromatic N) is 1. The van der Waals surface area contributed by atoms with Gasteiger partial charge in [0, 0.05) is 13.0 Å². The number of carbonyl (C=O) groups excluding carboxylic acids is 4. The zero-order chi connectivity index (χ0) is 34.1. The minimum Gasteiger partial charge on any atom is -0.481 e. The summed E-state index contributed by atoms with van der Waals surface area (Å²) in [6.07, 6.45) is 4.83. The van der Waals surface area contributed by atoms with Crippen molar-refractivity contribution in [3.05, 3.63) is 35.9 Å². The van der Waals surface area contributed by atoms with Gasteiger partial charge in [0.15, 0.2) is 5.96 Å². The van der Waals surface area contributed by atoms with Gasteiger partial charge in [0.2, 0.25) is 23.6 Å². The number of nitrogens with one attached hydrogen (secondary N) is 4. The topological polar surface area (TPSA) is 281 Å².